The van der Waals surface area contributed by atoms with Crippen LogP contribution in [0.5, 0.6) is 0 Å². The number of anilines is 1. The van der Waals surface area contributed by atoms with Crippen LogP contribution in [0.25, 0.3) is 22.8 Å². The van der Waals surface area contributed by atoms with E-state index in [9.17, 15) is 4.79 Å². The lowest BCUT2D eigenvalue weighted by atomic mass is 10.2. The first-order chi connectivity index (χ1) is 17.1. The molecule has 1 N–H and O–H groups in total. The molecule has 0 aliphatic carbocycles. The lowest BCUT2D eigenvalue weighted by Gasteiger charge is -2.10. The average molecular weight is 482 g/mol. The first-order valence-corrected chi connectivity index (χ1v) is 12.1. The number of rotatable bonds is 7. The first-order valence-electron chi connectivity index (χ1n) is 11.1. The monoisotopic (exact) mass is 481 g/mol. The predicted octanol–water partition coefficient (Wildman–Crippen LogP) is 4.86. The summed E-state index contributed by atoms with van der Waals surface area (Å²) in [6.45, 7) is 3.84. The predicted molar refractivity (Wildman–Crippen MR) is 137 cm³/mol. The van der Waals surface area contributed by atoms with Gasteiger partial charge in [-0.05, 0) is 50.2 Å². The Balaban J connectivity index is 1.37. The molecule has 0 spiro atoms. The van der Waals surface area contributed by atoms with Gasteiger partial charge in [0.15, 0.2) is 11.0 Å². The highest BCUT2D eigenvalue weighted by Gasteiger charge is 2.19. The maximum atomic E-state index is 12.9. The number of hydrogen-bond acceptors (Lipinski definition) is 6. The van der Waals surface area contributed by atoms with Crippen LogP contribution < -0.4 is 5.32 Å². The molecule has 0 bridgehead atoms. The molecule has 0 radical (unpaired) electrons. The van der Waals surface area contributed by atoms with E-state index in [4.69, 9.17) is 0 Å². The summed E-state index contributed by atoms with van der Waals surface area (Å²) in [5, 5.41) is 17.0. The number of nitrogens with one attached hydrogen (secondary N) is 1. The van der Waals surface area contributed by atoms with Crippen LogP contribution in [-0.4, -0.2) is 41.2 Å². The minimum atomic E-state index is -0.139. The third kappa shape index (κ3) is 4.71. The third-order valence-corrected chi connectivity index (χ3v) is 6.39. The summed E-state index contributed by atoms with van der Waals surface area (Å²) < 4.78 is 3.78. The fourth-order valence-corrected chi connectivity index (χ4v) is 4.56. The van der Waals surface area contributed by atoms with Crippen molar-refractivity contribution in [2.24, 2.45) is 0 Å². The Hall–Kier alpha value is -4.24. The van der Waals surface area contributed by atoms with Crippen molar-refractivity contribution < 1.29 is 4.79 Å². The van der Waals surface area contributed by atoms with Gasteiger partial charge in [0, 0.05) is 23.6 Å². The summed E-state index contributed by atoms with van der Waals surface area (Å²) in [6.07, 6.45) is 3.47. The minimum Gasteiger partial charge on any atom is -0.322 e. The fourth-order valence-electron chi connectivity index (χ4n) is 3.81. The van der Waals surface area contributed by atoms with Crippen molar-refractivity contribution in [1.29, 1.82) is 0 Å². The van der Waals surface area contributed by atoms with Crippen molar-refractivity contribution in [2.75, 3.05) is 11.1 Å². The van der Waals surface area contributed by atoms with E-state index in [1.165, 1.54) is 11.8 Å². The SMILES string of the molecule is Cc1nn(-c2ccccc2)c(C)c1NC(=O)CSc1nnc(-c2cccnc2)n1-c1ccccc1. The Morgan fingerprint density at radius 3 is 2.31 bits per heavy atom. The summed E-state index contributed by atoms with van der Waals surface area (Å²) in [7, 11) is 0. The zero-order valence-electron chi connectivity index (χ0n) is 19.3. The second kappa shape index (κ2) is 9.94. The van der Waals surface area contributed by atoms with E-state index >= 15 is 0 Å². The second-order valence-corrected chi connectivity index (χ2v) is 8.79. The van der Waals surface area contributed by atoms with Crippen LogP contribution >= 0.6 is 11.8 Å². The number of nitrogens with zero attached hydrogens (tertiary/aromatic N) is 6. The van der Waals surface area contributed by atoms with Gasteiger partial charge in [0.2, 0.25) is 5.91 Å². The molecule has 8 nitrogen and oxygen atoms in total. The standard InChI is InChI=1S/C26H23N7OS/c1-18-24(19(2)33(31-18)22-13-7-4-8-14-22)28-23(34)17-35-26-30-29-25(20-10-9-15-27-16-20)32(26)21-11-5-3-6-12-21/h3-16H,17H2,1-2H3,(H,28,34). The van der Waals surface area contributed by atoms with Crippen LogP contribution in [0.1, 0.15) is 11.4 Å². The Labute approximate surface area is 207 Å². The van der Waals surface area contributed by atoms with Gasteiger partial charge in [0.05, 0.1) is 28.5 Å². The van der Waals surface area contributed by atoms with Gasteiger partial charge in [-0.15, -0.1) is 10.2 Å². The second-order valence-electron chi connectivity index (χ2n) is 7.85. The summed E-state index contributed by atoms with van der Waals surface area (Å²) in [5.41, 5.74) is 5.06. The number of carbonyl (C=O) groups is 1. The number of amides is 1. The van der Waals surface area contributed by atoms with Gasteiger partial charge in [-0.1, -0.05) is 48.2 Å². The lowest BCUT2D eigenvalue weighted by Crippen LogP contribution is -2.15. The topological polar surface area (TPSA) is 90.5 Å². The zero-order chi connectivity index (χ0) is 24.2. The van der Waals surface area contributed by atoms with Gasteiger partial charge in [-0.25, -0.2) is 4.68 Å². The largest absolute Gasteiger partial charge is 0.322 e. The molecular weight excluding hydrogens is 458 g/mol. The number of benzene rings is 2. The molecule has 0 saturated carbocycles. The number of carbonyl (C=O) groups excluding carboxylic acids is 1. The molecule has 2 aromatic carbocycles. The number of aromatic nitrogens is 6. The lowest BCUT2D eigenvalue weighted by molar-refractivity contribution is -0.113. The summed E-state index contributed by atoms with van der Waals surface area (Å²) >= 11 is 1.33. The Kier molecular flexibility index (Phi) is 6.40. The molecular formula is C26H23N7OS. The number of thioether (sulfide) groups is 1. The molecule has 5 aromatic rings. The van der Waals surface area contributed by atoms with Crippen molar-refractivity contribution in [3.05, 3.63) is 96.6 Å². The van der Waals surface area contributed by atoms with Crippen LogP contribution in [0, 0.1) is 13.8 Å². The molecule has 174 valence electrons. The van der Waals surface area contributed by atoms with Gasteiger partial charge in [0.1, 0.15) is 0 Å². The minimum absolute atomic E-state index is 0.139. The van der Waals surface area contributed by atoms with Gasteiger partial charge in [-0.2, -0.15) is 5.10 Å². The molecule has 0 unspecified atom stereocenters. The maximum Gasteiger partial charge on any atom is 0.234 e. The molecule has 3 heterocycles. The number of pyridine rings is 1. The summed E-state index contributed by atoms with van der Waals surface area (Å²) in [5.74, 6) is 0.704. The van der Waals surface area contributed by atoms with E-state index < -0.39 is 0 Å². The van der Waals surface area contributed by atoms with Gasteiger partial charge < -0.3 is 5.32 Å². The molecule has 5 rings (SSSR count). The highest BCUT2D eigenvalue weighted by atomic mass is 32.2. The highest BCUT2D eigenvalue weighted by Crippen LogP contribution is 2.28. The third-order valence-electron chi connectivity index (χ3n) is 5.46. The van der Waals surface area contributed by atoms with Crippen molar-refractivity contribution in [3.8, 4) is 22.8 Å². The normalized spacial score (nSPS) is 10.9. The first kappa shape index (κ1) is 22.5. The molecule has 0 aliphatic rings. The zero-order valence-corrected chi connectivity index (χ0v) is 20.1. The number of aryl methyl sites for hydroxylation is 1. The van der Waals surface area contributed by atoms with Crippen LogP contribution in [0.2, 0.25) is 0 Å². The smallest absolute Gasteiger partial charge is 0.234 e. The van der Waals surface area contributed by atoms with Gasteiger partial charge in [-0.3, -0.25) is 14.3 Å². The quantitative estimate of drug-likeness (QED) is 0.334. The Morgan fingerprint density at radius 1 is 0.914 bits per heavy atom. The van der Waals surface area contributed by atoms with Crippen molar-refractivity contribution in [1.82, 2.24) is 29.5 Å². The highest BCUT2D eigenvalue weighted by molar-refractivity contribution is 7.99. The van der Waals surface area contributed by atoms with Crippen LogP contribution in [0.4, 0.5) is 5.69 Å². The summed E-state index contributed by atoms with van der Waals surface area (Å²) in [6, 6.07) is 23.5. The van der Waals surface area contributed by atoms with E-state index in [-0.39, 0.29) is 11.7 Å². The Morgan fingerprint density at radius 2 is 1.63 bits per heavy atom. The summed E-state index contributed by atoms with van der Waals surface area (Å²) in [4.78, 5) is 17.1. The van der Waals surface area contributed by atoms with E-state index in [1.807, 2.05) is 95.9 Å². The molecule has 9 heteroatoms. The number of para-hydroxylation sites is 2. The number of hydrogen-bond donors (Lipinski definition) is 1. The molecule has 0 atom stereocenters. The van der Waals surface area contributed by atoms with E-state index in [2.05, 4.69) is 25.6 Å². The molecule has 0 fully saturated rings. The van der Waals surface area contributed by atoms with Crippen molar-refractivity contribution in [2.45, 2.75) is 19.0 Å². The van der Waals surface area contributed by atoms with E-state index in [1.54, 1.807) is 12.4 Å². The van der Waals surface area contributed by atoms with Crippen molar-refractivity contribution in [3.63, 3.8) is 0 Å². The average Bonchev–Trinajstić information content (AvgIpc) is 3.45. The molecule has 0 saturated heterocycles. The van der Waals surface area contributed by atoms with Gasteiger partial charge >= 0.3 is 0 Å². The van der Waals surface area contributed by atoms with Crippen LogP contribution in [0.3, 0.4) is 0 Å². The van der Waals surface area contributed by atoms with Gasteiger partial charge in [0.25, 0.3) is 0 Å². The molecule has 35 heavy (non-hydrogen) atoms. The fraction of sp³-hybridized carbons (Fsp3) is 0.115. The Bertz CT molecular complexity index is 1450. The molecule has 0 aliphatic heterocycles. The molecule has 3 aromatic heterocycles. The molecule has 1 amide bonds. The van der Waals surface area contributed by atoms with E-state index in [0.29, 0.717) is 11.0 Å². The van der Waals surface area contributed by atoms with Crippen LogP contribution in [-0.2, 0) is 4.79 Å². The van der Waals surface area contributed by atoms with Crippen molar-refractivity contribution >= 4 is 23.4 Å². The van der Waals surface area contributed by atoms with Crippen LogP contribution in [0.15, 0.2) is 90.3 Å². The van der Waals surface area contributed by atoms with E-state index in [0.717, 1.165) is 34.0 Å². The maximum absolute atomic E-state index is 12.9.